The summed E-state index contributed by atoms with van der Waals surface area (Å²) in [6.45, 7) is 2.39. The zero-order chi connectivity index (χ0) is 9.97. The van der Waals surface area contributed by atoms with Crippen LogP contribution in [0.25, 0.3) is 5.52 Å². The number of pyridine rings is 1. The van der Waals surface area contributed by atoms with Crippen molar-refractivity contribution in [1.29, 1.82) is 0 Å². The second-order valence-electron chi connectivity index (χ2n) is 3.60. The molecule has 2 aromatic rings. The molecule has 0 spiro atoms. The van der Waals surface area contributed by atoms with Gasteiger partial charge in [0.2, 0.25) is 0 Å². The molecule has 14 heavy (non-hydrogen) atoms. The lowest BCUT2D eigenvalue weighted by Gasteiger charge is -2.02. The van der Waals surface area contributed by atoms with E-state index in [2.05, 4.69) is 29.7 Å². The topological polar surface area (TPSA) is 24.6 Å². The summed E-state index contributed by atoms with van der Waals surface area (Å²) >= 11 is 0. The summed E-state index contributed by atoms with van der Waals surface area (Å²) in [5.74, 6) is 0. The Kier molecular flexibility index (Phi) is 2.55. The van der Waals surface area contributed by atoms with Crippen LogP contribution in [0.15, 0.2) is 30.5 Å². The minimum absolute atomic E-state index is 0.263. The van der Waals surface area contributed by atoms with Gasteiger partial charge in [-0.2, -0.15) is 0 Å². The first kappa shape index (κ1) is 9.28. The highest BCUT2D eigenvalue weighted by Crippen LogP contribution is 2.16. The molecule has 1 N–H and O–H groups in total. The van der Waals surface area contributed by atoms with E-state index < -0.39 is 0 Å². The summed E-state index contributed by atoms with van der Waals surface area (Å²) in [6.07, 6.45) is 3.86. The first-order valence-corrected chi connectivity index (χ1v) is 4.99. The van der Waals surface area contributed by atoms with E-state index in [1.54, 1.807) is 0 Å². The van der Waals surface area contributed by atoms with Crippen LogP contribution in [0.1, 0.15) is 17.7 Å². The van der Waals surface area contributed by atoms with Crippen molar-refractivity contribution in [1.82, 2.24) is 4.40 Å². The third kappa shape index (κ3) is 1.53. The summed E-state index contributed by atoms with van der Waals surface area (Å²) in [6, 6.07) is 8.38. The number of aromatic nitrogens is 1. The standard InChI is InChI=1S/C12H15NO/c1-10-9-11-5-2-3-7-13(11)12(10)6-4-8-14/h2-3,5,7,9,14H,4,6,8H2,1H3. The number of aliphatic hydroxyl groups excluding tert-OH is 1. The molecule has 74 valence electrons. The predicted molar refractivity (Wildman–Crippen MR) is 57.5 cm³/mol. The zero-order valence-electron chi connectivity index (χ0n) is 8.40. The minimum Gasteiger partial charge on any atom is -0.396 e. The SMILES string of the molecule is Cc1cc2ccccn2c1CCCO. The van der Waals surface area contributed by atoms with Gasteiger partial charge in [-0.15, -0.1) is 0 Å². The van der Waals surface area contributed by atoms with Crippen molar-refractivity contribution in [3.05, 3.63) is 41.7 Å². The second-order valence-corrected chi connectivity index (χ2v) is 3.60. The van der Waals surface area contributed by atoms with Crippen LogP contribution in [-0.2, 0) is 6.42 Å². The van der Waals surface area contributed by atoms with E-state index in [4.69, 9.17) is 5.11 Å². The molecule has 0 aliphatic rings. The van der Waals surface area contributed by atoms with Gasteiger partial charge in [0, 0.05) is 24.0 Å². The number of rotatable bonds is 3. The molecule has 0 bridgehead atoms. The van der Waals surface area contributed by atoms with Crippen LogP contribution in [0.4, 0.5) is 0 Å². The fraction of sp³-hybridized carbons (Fsp3) is 0.333. The lowest BCUT2D eigenvalue weighted by molar-refractivity contribution is 0.288. The third-order valence-electron chi connectivity index (χ3n) is 2.57. The van der Waals surface area contributed by atoms with Crippen molar-refractivity contribution in [2.75, 3.05) is 6.61 Å². The average molecular weight is 189 g/mol. The number of nitrogens with zero attached hydrogens (tertiary/aromatic N) is 1. The van der Waals surface area contributed by atoms with Crippen molar-refractivity contribution in [2.24, 2.45) is 0 Å². The number of hydrogen-bond acceptors (Lipinski definition) is 1. The van der Waals surface area contributed by atoms with E-state index in [0.717, 1.165) is 12.8 Å². The summed E-state index contributed by atoms with van der Waals surface area (Å²) in [4.78, 5) is 0. The molecular weight excluding hydrogens is 174 g/mol. The van der Waals surface area contributed by atoms with E-state index in [9.17, 15) is 0 Å². The molecule has 2 aromatic heterocycles. The Balaban J connectivity index is 2.45. The van der Waals surface area contributed by atoms with E-state index in [0.29, 0.717) is 0 Å². The van der Waals surface area contributed by atoms with Crippen LogP contribution < -0.4 is 0 Å². The zero-order valence-corrected chi connectivity index (χ0v) is 8.40. The molecule has 2 heterocycles. The monoisotopic (exact) mass is 189 g/mol. The van der Waals surface area contributed by atoms with Gasteiger partial charge in [0.05, 0.1) is 0 Å². The number of hydrogen-bond donors (Lipinski definition) is 1. The molecule has 2 nitrogen and oxygen atoms in total. The van der Waals surface area contributed by atoms with Gasteiger partial charge < -0.3 is 9.51 Å². The first-order valence-electron chi connectivity index (χ1n) is 4.99. The van der Waals surface area contributed by atoms with E-state index in [1.165, 1.54) is 16.8 Å². The van der Waals surface area contributed by atoms with Gasteiger partial charge in [-0.3, -0.25) is 0 Å². The Morgan fingerprint density at radius 2 is 2.21 bits per heavy atom. The molecule has 0 saturated carbocycles. The second kappa shape index (κ2) is 3.84. The summed E-state index contributed by atoms with van der Waals surface area (Å²) in [7, 11) is 0. The number of fused-ring (bicyclic) bond motifs is 1. The molecule has 2 heteroatoms. The normalized spacial score (nSPS) is 11.0. The van der Waals surface area contributed by atoms with Gasteiger partial charge in [0.1, 0.15) is 0 Å². The fourth-order valence-electron chi connectivity index (χ4n) is 1.88. The summed E-state index contributed by atoms with van der Waals surface area (Å²) in [5.41, 5.74) is 3.86. The number of aliphatic hydroxyl groups is 1. The smallest absolute Gasteiger partial charge is 0.0455 e. The van der Waals surface area contributed by atoms with Gasteiger partial charge in [-0.25, -0.2) is 0 Å². The molecule has 0 amide bonds. The maximum Gasteiger partial charge on any atom is 0.0455 e. The first-order chi connectivity index (χ1) is 6.83. The lowest BCUT2D eigenvalue weighted by atomic mass is 10.2. The van der Waals surface area contributed by atoms with Crippen molar-refractivity contribution in [3.8, 4) is 0 Å². The minimum atomic E-state index is 0.263. The average Bonchev–Trinajstić information content (AvgIpc) is 2.51. The molecule has 0 aliphatic carbocycles. The number of aryl methyl sites for hydroxylation is 2. The van der Waals surface area contributed by atoms with Crippen LogP contribution in [0.3, 0.4) is 0 Å². The van der Waals surface area contributed by atoms with Crippen LogP contribution in [0.2, 0.25) is 0 Å². The Morgan fingerprint density at radius 3 is 3.00 bits per heavy atom. The molecule has 2 rings (SSSR count). The van der Waals surface area contributed by atoms with Gasteiger partial charge in [-0.1, -0.05) is 6.07 Å². The van der Waals surface area contributed by atoms with Gasteiger partial charge in [-0.05, 0) is 43.5 Å². The van der Waals surface area contributed by atoms with Crippen LogP contribution in [-0.4, -0.2) is 16.1 Å². The summed E-state index contributed by atoms with van der Waals surface area (Å²) in [5, 5.41) is 8.82. The molecule has 0 fully saturated rings. The van der Waals surface area contributed by atoms with Crippen molar-refractivity contribution in [2.45, 2.75) is 19.8 Å². The van der Waals surface area contributed by atoms with E-state index >= 15 is 0 Å². The summed E-state index contributed by atoms with van der Waals surface area (Å²) < 4.78 is 2.20. The van der Waals surface area contributed by atoms with E-state index in [-0.39, 0.29) is 6.61 Å². The van der Waals surface area contributed by atoms with Gasteiger partial charge in [0.25, 0.3) is 0 Å². The van der Waals surface area contributed by atoms with Crippen molar-refractivity contribution < 1.29 is 5.11 Å². The lowest BCUT2D eigenvalue weighted by Crippen LogP contribution is -1.96. The van der Waals surface area contributed by atoms with Crippen LogP contribution in [0.5, 0.6) is 0 Å². The molecule has 0 aliphatic heterocycles. The van der Waals surface area contributed by atoms with E-state index in [1.807, 2.05) is 12.1 Å². The molecular formula is C12H15NO. The molecule has 0 atom stereocenters. The Morgan fingerprint density at radius 1 is 1.36 bits per heavy atom. The largest absolute Gasteiger partial charge is 0.396 e. The molecule has 0 radical (unpaired) electrons. The highest BCUT2D eigenvalue weighted by molar-refractivity contribution is 5.53. The molecule has 0 aromatic carbocycles. The third-order valence-corrected chi connectivity index (χ3v) is 2.57. The van der Waals surface area contributed by atoms with Crippen LogP contribution >= 0.6 is 0 Å². The fourth-order valence-corrected chi connectivity index (χ4v) is 1.88. The maximum absolute atomic E-state index is 8.82. The molecule has 0 unspecified atom stereocenters. The highest BCUT2D eigenvalue weighted by atomic mass is 16.2. The van der Waals surface area contributed by atoms with Gasteiger partial charge in [0.15, 0.2) is 0 Å². The van der Waals surface area contributed by atoms with Crippen molar-refractivity contribution in [3.63, 3.8) is 0 Å². The van der Waals surface area contributed by atoms with Gasteiger partial charge >= 0.3 is 0 Å². The predicted octanol–water partition coefficient (Wildman–Crippen LogP) is 2.17. The highest BCUT2D eigenvalue weighted by Gasteiger charge is 2.04. The molecule has 0 saturated heterocycles. The Labute approximate surface area is 83.8 Å². The quantitative estimate of drug-likeness (QED) is 0.786. The maximum atomic E-state index is 8.82. The Hall–Kier alpha value is -1.28. The van der Waals surface area contributed by atoms with Crippen molar-refractivity contribution >= 4 is 5.52 Å². The van der Waals surface area contributed by atoms with Crippen LogP contribution in [0, 0.1) is 6.92 Å². The Bertz CT molecular complexity index is 431.